The van der Waals surface area contributed by atoms with E-state index in [0.717, 1.165) is 6.07 Å². The molecule has 13 heavy (non-hydrogen) atoms. The SMILES string of the molecule is CNc1ccc([N+](=O)[O-])c(F)c1C. The Morgan fingerprint density at radius 3 is 2.62 bits per heavy atom. The van der Waals surface area contributed by atoms with Gasteiger partial charge >= 0.3 is 5.69 Å². The lowest BCUT2D eigenvalue weighted by molar-refractivity contribution is -0.387. The molecule has 0 aliphatic heterocycles. The summed E-state index contributed by atoms with van der Waals surface area (Å²) in [7, 11) is 1.63. The van der Waals surface area contributed by atoms with Crippen molar-refractivity contribution in [3.63, 3.8) is 0 Å². The third-order valence-corrected chi connectivity index (χ3v) is 1.83. The Kier molecular flexibility index (Phi) is 2.46. The average Bonchev–Trinajstić information content (AvgIpc) is 2.09. The maximum Gasteiger partial charge on any atom is 0.305 e. The van der Waals surface area contributed by atoms with Crippen LogP contribution in [0.3, 0.4) is 0 Å². The summed E-state index contributed by atoms with van der Waals surface area (Å²) < 4.78 is 13.2. The zero-order valence-corrected chi connectivity index (χ0v) is 7.30. The number of hydrogen-bond donors (Lipinski definition) is 1. The zero-order chi connectivity index (χ0) is 10.0. The molecule has 0 aliphatic rings. The van der Waals surface area contributed by atoms with E-state index in [-0.39, 0.29) is 5.56 Å². The monoisotopic (exact) mass is 184 g/mol. The maximum atomic E-state index is 13.2. The molecule has 0 fully saturated rings. The molecule has 0 saturated carbocycles. The van der Waals surface area contributed by atoms with Crippen molar-refractivity contribution >= 4 is 11.4 Å². The van der Waals surface area contributed by atoms with Crippen LogP contribution in [0.1, 0.15) is 5.56 Å². The largest absolute Gasteiger partial charge is 0.388 e. The predicted octanol–water partition coefficient (Wildman–Crippen LogP) is 2.08. The van der Waals surface area contributed by atoms with E-state index in [2.05, 4.69) is 5.32 Å². The number of nitro groups is 1. The van der Waals surface area contributed by atoms with Crippen LogP contribution in [0, 0.1) is 22.9 Å². The van der Waals surface area contributed by atoms with Gasteiger partial charge in [0, 0.05) is 24.4 Å². The van der Waals surface area contributed by atoms with Crippen LogP contribution in [0.25, 0.3) is 0 Å². The van der Waals surface area contributed by atoms with Crippen molar-refractivity contribution < 1.29 is 9.31 Å². The predicted molar refractivity (Wildman–Crippen MR) is 47.3 cm³/mol. The summed E-state index contributed by atoms with van der Waals surface area (Å²) in [6.07, 6.45) is 0. The molecule has 0 spiro atoms. The van der Waals surface area contributed by atoms with Gasteiger partial charge in [-0.05, 0) is 13.0 Å². The van der Waals surface area contributed by atoms with Gasteiger partial charge in [0.25, 0.3) is 0 Å². The topological polar surface area (TPSA) is 55.2 Å². The fourth-order valence-electron chi connectivity index (χ4n) is 1.08. The molecule has 70 valence electrons. The number of anilines is 1. The molecule has 0 unspecified atom stereocenters. The summed E-state index contributed by atoms with van der Waals surface area (Å²) in [4.78, 5) is 9.58. The highest BCUT2D eigenvalue weighted by Gasteiger charge is 2.17. The van der Waals surface area contributed by atoms with Crippen LogP contribution in [0.4, 0.5) is 15.8 Å². The van der Waals surface area contributed by atoms with Crippen LogP contribution in [-0.4, -0.2) is 12.0 Å². The smallest absolute Gasteiger partial charge is 0.305 e. The highest BCUT2D eigenvalue weighted by Crippen LogP contribution is 2.25. The van der Waals surface area contributed by atoms with Crippen molar-refractivity contribution in [1.29, 1.82) is 0 Å². The second-order valence-electron chi connectivity index (χ2n) is 2.58. The summed E-state index contributed by atoms with van der Waals surface area (Å²) in [6.45, 7) is 1.49. The van der Waals surface area contributed by atoms with Gasteiger partial charge in [0.2, 0.25) is 5.82 Å². The molecular weight excluding hydrogens is 175 g/mol. The van der Waals surface area contributed by atoms with Crippen LogP contribution in [-0.2, 0) is 0 Å². The molecule has 1 aromatic rings. The summed E-state index contributed by atoms with van der Waals surface area (Å²) in [5, 5.41) is 13.1. The van der Waals surface area contributed by atoms with E-state index < -0.39 is 16.4 Å². The van der Waals surface area contributed by atoms with Crippen molar-refractivity contribution in [2.45, 2.75) is 6.92 Å². The molecule has 0 amide bonds. The van der Waals surface area contributed by atoms with E-state index in [9.17, 15) is 14.5 Å². The second-order valence-corrected chi connectivity index (χ2v) is 2.58. The fourth-order valence-corrected chi connectivity index (χ4v) is 1.08. The van der Waals surface area contributed by atoms with Crippen LogP contribution in [0.2, 0.25) is 0 Å². The number of nitro benzene ring substituents is 1. The molecule has 0 atom stereocenters. The first kappa shape index (κ1) is 9.44. The fraction of sp³-hybridized carbons (Fsp3) is 0.250. The molecule has 0 saturated heterocycles. The molecule has 1 rings (SSSR count). The zero-order valence-electron chi connectivity index (χ0n) is 7.30. The van der Waals surface area contributed by atoms with Gasteiger partial charge in [-0.3, -0.25) is 10.1 Å². The average molecular weight is 184 g/mol. The molecule has 5 heteroatoms. The van der Waals surface area contributed by atoms with Crippen LogP contribution >= 0.6 is 0 Å². The number of hydrogen-bond acceptors (Lipinski definition) is 3. The molecular formula is C8H9FN2O2. The molecule has 0 aromatic heterocycles. The van der Waals surface area contributed by atoms with Gasteiger partial charge in [-0.15, -0.1) is 0 Å². The first-order valence-corrected chi connectivity index (χ1v) is 3.69. The maximum absolute atomic E-state index is 13.2. The van der Waals surface area contributed by atoms with Gasteiger partial charge in [-0.1, -0.05) is 0 Å². The Balaban J connectivity index is 3.31. The lowest BCUT2D eigenvalue weighted by Crippen LogP contribution is -1.99. The number of halogens is 1. The van der Waals surface area contributed by atoms with Gasteiger partial charge in [-0.25, -0.2) is 0 Å². The van der Waals surface area contributed by atoms with Crippen molar-refractivity contribution in [3.8, 4) is 0 Å². The highest BCUT2D eigenvalue weighted by molar-refractivity contribution is 5.56. The van der Waals surface area contributed by atoms with Crippen molar-refractivity contribution in [2.24, 2.45) is 0 Å². The Labute approximate surface area is 74.5 Å². The van der Waals surface area contributed by atoms with E-state index >= 15 is 0 Å². The Hall–Kier alpha value is -1.65. The molecule has 0 aliphatic carbocycles. The summed E-state index contributed by atoms with van der Waals surface area (Å²) in [5.41, 5.74) is 0.330. The third-order valence-electron chi connectivity index (χ3n) is 1.83. The van der Waals surface area contributed by atoms with Crippen molar-refractivity contribution in [2.75, 3.05) is 12.4 Å². The number of rotatable bonds is 2. The van der Waals surface area contributed by atoms with Gasteiger partial charge in [-0.2, -0.15) is 4.39 Å². The standard InChI is InChI=1S/C8H9FN2O2/c1-5-6(10-2)3-4-7(8(5)9)11(12)13/h3-4,10H,1-2H3. The van der Waals surface area contributed by atoms with E-state index in [4.69, 9.17) is 0 Å². The minimum atomic E-state index is -0.781. The number of nitrogens with zero attached hydrogens (tertiary/aromatic N) is 1. The molecule has 0 heterocycles. The van der Waals surface area contributed by atoms with Gasteiger partial charge in [0.15, 0.2) is 0 Å². The summed E-state index contributed by atoms with van der Waals surface area (Å²) >= 11 is 0. The van der Waals surface area contributed by atoms with E-state index in [0.29, 0.717) is 5.69 Å². The van der Waals surface area contributed by atoms with Gasteiger partial charge < -0.3 is 5.32 Å². The minimum absolute atomic E-state index is 0.261. The number of benzene rings is 1. The lowest BCUT2D eigenvalue weighted by atomic mass is 10.1. The number of nitrogens with one attached hydrogen (secondary N) is 1. The van der Waals surface area contributed by atoms with E-state index in [1.54, 1.807) is 7.05 Å². The first-order valence-electron chi connectivity index (χ1n) is 3.69. The van der Waals surface area contributed by atoms with Crippen LogP contribution < -0.4 is 5.32 Å². The van der Waals surface area contributed by atoms with Crippen molar-refractivity contribution in [1.82, 2.24) is 0 Å². The normalized spacial score (nSPS) is 9.77. The van der Waals surface area contributed by atoms with Crippen LogP contribution in [0.5, 0.6) is 0 Å². The molecule has 0 bridgehead atoms. The Morgan fingerprint density at radius 1 is 1.54 bits per heavy atom. The molecule has 0 radical (unpaired) electrons. The Morgan fingerprint density at radius 2 is 2.15 bits per heavy atom. The Bertz CT molecular complexity index is 352. The van der Waals surface area contributed by atoms with E-state index in [1.165, 1.54) is 13.0 Å². The third kappa shape index (κ3) is 1.58. The van der Waals surface area contributed by atoms with Crippen LogP contribution in [0.15, 0.2) is 12.1 Å². The van der Waals surface area contributed by atoms with Gasteiger partial charge in [0.05, 0.1) is 4.92 Å². The lowest BCUT2D eigenvalue weighted by Gasteiger charge is -2.05. The van der Waals surface area contributed by atoms with Crippen molar-refractivity contribution in [3.05, 3.63) is 33.6 Å². The van der Waals surface area contributed by atoms with Gasteiger partial charge in [0.1, 0.15) is 0 Å². The summed E-state index contributed by atoms with van der Waals surface area (Å²) in [5.74, 6) is -0.781. The highest BCUT2D eigenvalue weighted by atomic mass is 19.1. The molecule has 1 N–H and O–H groups in total. The second kappa shape index (κ2) is 3.38. The quantitative estimate of drug-likeness (QED) is 0.565. The molecule has 1 aromatic carbocycles. The molecule has 4 nitrogen and oxygen atoms in total. The minimum Gasteiger partial charge on any atom is -0.388 e. The van der Waals surface area contributed by atoms with E-state index in [1.807, 2.05) is 0 Å². The summed E-state index contributed by atoms with van der Waals surface area (Å²) in [6, 6.07) is 2.63. The first-order chi connectivity index (χ1) is 6.07.